The molecule has 6 heteroatoms. The van der Waals surface area contributed by atoms with E-state index < -0.39 is 11.8 Å². The first-order chi connectivity index (χ1) is 11.5. The number of carbonyl (C=O) groups is 2. The van der Waals surface area contributed by atoms with Gasteiger partial charge in [0.05, 0.1) is 5.56 Å². The summed E-state index contributed by atoms with van der Waals surface area (Å²) >= 11 is 3.16. The Balaban J connectivity index is 1.95. The summed E-state index contributed by atoms with van der Waals surface area (Å²) < 4.78 is 18.7. The van der Waals surface area contributed by atoms with Crippen molar-refractivity contribution in [1.82, 2.24) is 4.90 Å². The Labute approximate surface area is 148 Å². The van der Waals surface area contributed by atoms with E-state index in [1.165, 1.54) is 12.1 Å². The van der Waals surface area contributed by atoms with Gasteiger partial charge >= 0.3 is 5.97 Å². The summed E-state index contributed by atoms with van der Waals surface area (Å²) in [6.45, 7) is 2.40. The standard InChI is InChI=1S/C18H17BrFNO3/c1-2-21(11-13-6-4-3-5-7-13)17(22)12-24-18(23)15-10-14(20)8-9-16(15)19/h3-10H,2,11-12H2,1H3. The molecule has 2 aromatic rings. The Morgan fingerprint density at radius 2 is 1.88 bits per heavy atom. The topological polar surface area (TPSA) is 46.6 Å². The number of nitrogens with zero attached hydrogens (tertiary/aromatic N) is 1. The fraction of sp³-hybridized carbons (Fsp3) is 0.222. The lowest BCUT2D eigenvalue weighted by Crippen LogP contribution is -2.34. The average molecular weight is 394 g/mol. The molecule has 0 saturated heterocycles. The number of esters is 1. The van der Waals surface area contributed by atoms with Crippen molar-refractivity contribution in [2.45, 2.75) is 13.5 Å². The molecule has 0 unspecified atom stereocenters. The number of hydrogen-bond donors (Lipinski definition) is 0. The fourth-order valence-electron chi connectivity index (χ4n) is 2.13. The van der Waals surface area contributed by atoms with Crippen LogP contribution in [0.1, 0.15) is 22.8 Å². The van der Waals surface area contributed by atoms with Gasteiger partial charge in [-0.25, -0.2) is 9.18 Å². The molecule has 2 aromatic carbocycles. The molecule has 0 bridgehead atoms. The number of benzene rings is 2. The van der Waals surface area contributed by atoms with Crippen molar-refractivity contribution in [3.05, 3.63) is 69.9 Å². The molecule has 2 rings (SSSR count). The Bertz CT molecular complexity index is 721. The van der Waals surface area contributed by atoms with Crippen LogP contribution in [0.25, 0.3) is 0 Å². The lowest BCUT2D eigenvalue weighted by Gasteiger charge is -2.21. The highest BCUT2D eigenvalue weighted by atomic mass is 79.9. The molecule has 0 heterocycles. The molecule has 1 amide bonds. The van der Waals surface area contributed by atoms with E-state index in [2.05, 4.69) is 15.9 Å². The van der Waals surface area contributed by atoms with Gasteiger partial charge in [0.2, 0.25) is 0 Å². The van der Waals surface area contributed by atoms with E-state index >= 15 is 0 Å². The van der Waals surface area contributed by atoms with Crippen molar-refractivity contribution in [3.63, 3.8) is 0 Å². The van der Waals surface area contributed by atoms with Gasteiger partial charge in [-0.05, 0) is 46.6 Å². The number of amides is 1. The molecule has 0 aromatic heterocycles. The third-order valence-corrected chi connectivity index (χ3v) is 4.12. The van der Waals surface area contributed by atoms with Crippen molar-refractivity contribution < 1.29 is 18.7 Å². The summed E-state index contributed by atoms with van der Waals surface area (Å²) in [5.74, 6) is -1.59. The summed E-state index contributed by atoms with van der Waals surface area (Å²) in [7, 11) is 0. The van der Waals surface area contributed by atoms with Gasteiger partial charge in [0, 0.05) is 17.6 Å². The second kappa shape index (κ2) is 8.59. The predicted octanol–water partition coefficient (Wildman–Crippen LogP) is 3.79. The smallest absolute Gasteiger partial charge is 0.339 e. The Morgan fingerprint density at radius 3 is 2.54 bits per heavy atom. The normalized spacial score (nSPS) is 10.3. The Kier molecular flexibility index (Phi) is 6.49. The lowest BCUT2D eigenvalue weighted by atomic mass is 10.2. The quantitative estimate of drug-likeness (QED) is 0.701. The maximum atomic E-state index is 13.2. The molecule has 0 aliphatic rings. The van der Waals surface area contributed by atoms with Gasteiger partial charge in [-0.15, -0.1) is 0 Å². The molecule has 24 heavy (non-hydrogen) atoms. The second-order valence-electron chi connectivity index (χ2n) is 5.09. The minimum atomic E-state index is -0.745. The summed E-state index contributed by atoms with van der Waals surface area (Å²) in [4.78, 5) is 25.8. The lowest BCUT2D eigenvalue weighted by molar-refractivity contribution is -0.134. The average Bonchev–Trinajstić information content (AvgIpc) is 2.60. The van der Waals surface area contributed by atoms with Crippen LogP contribution in [0.15, 0.2) is 53.0 Å². The minimum absolute atomic E-state index is 0.0499. The number of halogens is 2. The highest BCUT2D eigenvalue weighted by Gasteiger charge is 2.17. The van der Waals surface area contributed by atoms with Crippen LogP contribution in [0.2, 0.25) is 0 Å². The van der Waals surface area contributed by atoms with E-state index in [1.54, 1.807) is 4.90 Å². The third kappa shape index (κ3) is 4.89. The second-order valence-corrected chi connectivity index (χ2v) is 5.95. The number of ether oxygens (including phenoxy) is 1. The first kappa shape index (κ1) is 18.1. The van der Waals surface area contributed by atoms with Crippen LogP contribution in [-0.4, -0.2) is 29.9 Å². The fourth-order valence-corrected chi connectivity index (χ4v) is 2.54. The largest absolute Gasteiger partial charge is 0.452 e. The molecule has 4 nitrogen and oxygen atoms in total. The molecule has 0 aliphatic heterocycles. The van der Waals surface area contributed by atoms with Crippen molar-refractivity contribution in [1.29, 1.82) is 0 Å². The molecule has 0 radical (unpaired) electrons. The Hall–Kier alpha value is -2.21. The van der Waals surface area contributed by atoms with Gasteiger partial charge in [0.25, 0.3) is 5.91 Å². The first-order valence-electron chi connectivity index (χ1n) is 7.45. The van der Waals surface area contributed by atoms with E-state index in [0.29, 0.717) is 17.6 Å². The molecule has 126 valence electrons. The van der Waals surface area contributed by atoms with E-state index in [1.807, 2.05) is 37.3 Å². The number of hydrogen-bond acceptors (Lipinski definition) is 3. The Morgan fingerprint density at radius 1 is 1.17 bits per heavy atom. The number of carbonyl (C=O) groups excluding carboxylic acids is 2. The zero-order valence-corrected chi connectivity index (χ0v) is 14.8. The van der Waals surface area contributed by atoms with Crippen LogP contribution in [0.4, 0.5) is 4.39 Å². The summed E-state index contributed by atoms with van der Waals surface area (Å²) in [6.07, 6.45) is 0. The molecule has 0 spiro atoms. The van der Waals surface area contributed by atoms with E-state index in [-0.39, 0.29) is 18.1 Å². The minimum Gasteiger partial charge on any atom is -0.452 e. The summed E-state index contributed by atoms with van der Waals surface area (Å²) in [6, 6.07) is 13.3. The maximum Gasteiger partial charge on any atom is 0.339 e. The number of likely N-dealkylation sites (N-methyl/N-ethyl adjacent to an activating group) is 1. The molecule has 0 N–H and O–H groups in total. The molecule has 0 atom stereocenters. The van der Waals surface area contributed by atoms with E-state index in [9.17, 15) is 14.0 Å². The zero-order chi connectivity index (χ0) is 17.5. The summed E-state index contributed by atoms with van der Waals surface area (Å²) in [5.41, 5.74) is 1.04. The molecular formula is C18H17BrFNO3. The maximum absolute atomic E-state index is 13.2. The van der Waals surface area contributed by atoms with Gasteiger partial charge in [0.15, 0.2) is 6.61 Å². The molecule has 0 saturated carbocycles. The van der Waals surface area contributed by atoms with Gasteiger partial charge in [-0.1, -0.05) is 30.3 Å². The molecule has 0 aliphatic carbocycles. The molecular weight excluding hydrogens is 377 g/mol. The van der Waals surface area contributed by atoms with Crippen LogP contribution >= 0.6 is 15.9 Å². The van der Waals surface area contributed by atoms with Crippen LogP contribution < -0.4 is 0 Å². The van der Waals surface area contributed by atoms with Crippen LogP contribution in [-0.2, 0) is 16.1 Å². The SMILES string of the molecule is CCN(Cc1ccccc1)C(=O)COC(=O)c1cc(F)ccc1Br. The zero-order valence-electron chi connectivity index (χ0n) is 13.2. The van der Waals surface area contributed by atoms with Gasteiger partial charge in [0.1, 0.15) is 5.82 Å². The van der Waals surface area contributed by atoms with Gasteiger partial charge < -0.3 is 9.64 Å². The third-order valence-electron chi connectivity index (χ3n) is 3.43. The van der Waals surface area contributed by atoms with E-state index in [4.69, 9.17) is 4.74 Å². The van der Waals surface area contributed by atoms with Gasteiger partial charge in [-0.3, -0.25) is 4.79 Å². The highest BCUT2D eigenvalue weighted by molar-refractivity contribution is 9.10. The van der Waals surface area contributed by atoms with Crippen LogP contribution in [0.5, 0.6) is 0 Å². The summed E-state index contributed by atoms with van der Waals surface area (Å²) in [5, 5.41) is 0. The number of rotatable bonds is 6. The monoisotopic (exact) mass is 393 g/mol. The van der Waals surface area contributed by atoms with Crippen molar-refractivity contribution in [3.8, 4) is 0 Å². The highest BCUT2D eigenvalue weighted by Crippen LogP contribution is 2.18. The van der Waals surface area contributed by atoms with Crippen molar-refractivity contribution >= 4 is 27.8 Å². The first-order valence-corrected chi connectivity index (χ1v) is 8.24. The van der Waals surface area contributed by atoms with Gasteiger partial charge in [-0.2, -0.15) is 0 Å². The predicted molar refractivity (Wildman–Crippen MR) is 91.9 cm³/mol. The van der Waals surface area contributed by atoms with Crippen molar-refractivity contribution in [2.24, 2.45) is 0 Å². The van der Waals surface area contributed by atoms with Crippen LogP contribution in [0, 0.1) is 5.82 Å². The van der Waals surface area contributed by atoms with E-state index in [0.717, 1.165) is 11.6 Å². The van der Waals surface area contributed by atoms with Crippen molar-refractivity contribution in [2.75, 3.05) is 13.2 Å². The van der Waals surface area contributed by atoms with Crippen LogP contribution in [0.3, 0.4) is 0 Å². The molecule has 0 fully saturated rings.